The molecule has 168 valence electrons. The summed E-state index contributed by atoms with van der Waals surface area (Å²) in [6.07, 6.45) is 6.87. The first-order chi connectivity index (χ1) is 15.5. The Hall–Kier alpha value is -3.47. The van der Waals surface area contributed by atoms with Crippen LogP contribution in [0.25, 0.3) is 0 Å². The van der Waals surface area contributed by atoms with E-state index in [0.717, 1.165) is 42.3 Å². The fourth-order valence-corrected chi connectivity index (χ4v) is 4.85. The number of thiophene rings is 1. The molecule has 0 spiro atoms. The summed E-state index contributed by atoms with van der Waals surface area (Å²) in [5.74, 6) is -0.408. The molecule has 1 amide bonds. The second-order valence-corrected chi connectivity index (χ2v) is 8.53. The minimum atomic E-state index is -0.533. The maximum absolute atomic E-state index is 12.8. The maximum Gasteiger partial charge on any atom is 0.341 e. The summed E-state index contributed by atoms with van der Waals surface area (Å²) >= 11 is 1.41. The molecule has 0 radical (unpaired) electrons. The van der Waals surface area contributed by atoms with Crippen LogP contribution in [0.1, 0.15) is 63.3 Å². The topological polar surface area (TPSA) is 130 Å². The average Bonchev–Trinajstić information content (AvgIpc) is 3.50. The number of hydrogen-bond donors (Lipinski definition) is 1. The van der Waals surface area contributed by atoms with Crippen LogP contribution >= 0.6 is 11.3 Å². The lowest BCUT2D eigenvalue weighted by molar-refractivity contribution is -0.385. The molecule has 4 rings (SSSR count). The number of aromatic nitrogens is 2. The summed E-state index contributed by atoms with van der Waals surface area (Å²) < 4.78 is 12.3. The molecular weight excluding hydrogens is 436 g/mol. The third-order valence-electron chi connectivity index (χ3n) is 5.07. The normalized spacial score (nSPS) is 12.9. The number of anilines is 1. The zero-order chi connectivity index (χ0) is 22.7. The van der Waals surface area contributed by atoms with Gasteiger partial charge in [-0.2, -0.15) is 5.10 Å². The molecule has 0 aliphatic heterocycles. The van der Waals surface area contributed by atoms with Gasteiger partial charge in [-0.25, -0.2) is 4.79 Å². The van der Waals surface area contributed by atoms with Crippen LogP contribution in [-0.4, -0.2) is 33.2 Å². The fraction of sp³-hybridized carbons (Fsp3) is 0.381. The smallest absolute Gasteiger partial charge is 0.341 e. The Kier molecular flexibility index (Phi) is 6.35. The molecule has 3 heterocycles. The van der Waals surface area contributed by atoms with Gasteiger partial charge in [0.25, 0.3) is 5.91 Å². The number of fused-ring (bicyclic) bond motifs is 1. The van der Waals surface area contributed by atoms with Crippen molar-refractivity contribution >= 4 is 33.9 Å². The van der Waals surface area contributed by atoms with Crippen LogP contribution < -0.4 is 5.32 Å². The highest BCUT2D eigenvalue weighted by Gasteiger charge is 2.28. The molecule has 0 fully saturated rings. The molecular formula is C21H22N4O6S. The molecule has 0 unspecified atom stereocenters. The summed E-state index contributed by atoms with van der Waals surface area (Å²) in [5.41, 5.74) is 1.29. The van der Waals surface area contributed by atoms with Gasteiger partial charge >= 0.3 is 11.7 Å². The third-order valence-corrected chi connectivity index (χ3v) is 6.28. The van der Waals surface area contributed by atoms with Gasteiger partial charge in [0.2, 0.25) is 0 Å². The zero-order valence-corrected chi connectivity index (χ0v) is 18.3. The number of ether oxygens (including phenoxy) is 1. The number of furan rings is 1. The predicted octanol–water partition coefficient (Wildman–Crippen LogP) is 4.19. The van der Waals surface area contributed by atoms with E-state index in [0.29, 0.717) is 29.4 Å². The highest BCUT2D eigenvalue weighted by molar-refractivity contribution is 7.17. The van der Waals surface area contributed by atoms with Crippen molar-refractivity contribution in [3.05, 3.63) is 62.2 Å². The molecule has 10 nitrogen and oxygen atoms in total. The van der Waals surface area contributed by atoms with E-state index >= 15 is 0 Å². The Morgan fingerprint density at radius 2 is 2.16 bits per heavy atom. The van der Waals surface area contributed by atoms with Crippen LogP contribution in [0.5, 0.6) is 0 Å². The van der Waals surface area contributed by atoms with E-state index in [9.17, 15) is 19.7 Å². The zero-order valence-electron chi connectivity index (χ0n) is 17.5. The van der Waals surface area contributed by atoms with Crippen molar-refractivity contribution in [2.75, 3.05) is 11.9 Å². The summed E-state index contributed by atoms with van der Waals surface area (Å²) in [4.78, 5) is 36.9. The summed E-state index contributed by atoms with van der Waals surface area (Å²) in [5, 5.41) is 18.0. The van der Waals surface area contributed by atoms with E-state index in [1.165, 1.54) is 28.3 Å². The SMILES string of the molecule is CCCOC(=O)c1c(NC(=O)c2ccc(Cn3cc([N+](=O)[O-])cn3)o2)sc2c1CCCC2. The Bertz CT molecular complexity index is 1160. The largest absolute Gasteiger partial charge is 0.462 e. The van der Waals surface area contributed by atoms with E-state index in [-0.39, 0.29) is 18.0 Å². The summed E-state index contributed by atoms with van der Waals surface area (Å²) in [6.45, 7) is 2.39. The maximum atomic E-state index is 12.8. The fourth-order valence-electron chi connectivity index (χ4n) is 3.58. The number of rotatable bonds is 8. The van der Waals surface area contributed by atoms with Gasteiger partial charge in [0.1, 0.15) is 23.2 Å². The molecule has 1 aliphatic carbocycles. The van der Waals surface area contributed by atoms with E-state index in [2.05, 4.69) is 10.4 Å². The first-order valence-corrected chi connectivity index (χ1v) is 11.2. The van der Waals surface area contributed by atoms with Crippen LogP contribution in [0.3, 0.4) is 0 Å². The quantitative estimate of drug-likeness (QED) is 0.304. The number of nitrogens with one attached hydrogen (secondary N) is 1. The summed E-state index contributed by atoms with van der Waals surface area (Å²) in [7, 11) is 0. The van der Waals surface area contributed by atoms with Crippen LogP contribution in [-0.2, 0) is 24.1 Å². The number of nitro groups is 1. The number of carbonyl (C=O) groups excluding carboxylic acids is 2. The molecule has 1 N–H and O–H groups in total. The van der Waals surface area contributed by atoms with Gasteiger partial charge < -0.3 is 14.5 Å². The second-order valence-electron chi connectivity index (χ2n) is 7.42. The van der Waals surface area contributed by atoms with Crippen molar-refractivity contribution in [1.82, 2.24) is 9.78 Å². The van der Waals surface area contributed by atoms with Gasteiger partial charge in [-0.3, -0.25) is 19.6 Å². The number of carbonyl (C=O) groups is 2. The Morgan fingerprint density at radius 3 is 2.91 bits per heavy atom. The van der Waals surface area contributed by atoms with Crippen LogP contribution in [0, 0.1) is 10.1 Å². The molecule has 11 heteroatoms. The Morgan fingerprint density at radius 1 is 1.34 bits per heavy atom. The lowest BCUT2D eigenvalue weighted by Gasteiger charge is -2.12. The highest BCUT2D eigenvalue weighted by Crippen LogP contribution is 2.39. The van der Waals surface area contributed by atoms with Crippen LogP contribution in [0.2, 0.25) is 0 Å². The number of aryl methyl sites for hydroxylation is 1. The molecule has 0 atom stereocenters. The van der Waals surface area contributed by atoms with Crippen molar-refractivity contribution in [2.45, 2.75) is 45.6 Å². The average molecular weight is 458 g/mol. The molecule has 3 aromatic rings. The lowest BCUT2D eigenvalue weighted by Crippen LogP contribution is -2.15. The molecule has 1 aliphatic rings. The molecule has 3 aromatic heterocycles. The van der Waals surface area contributed by atoms with Crippen molar-refractivity contribution < 1.29 is 23.7 Å². The highest BCUT2D eigenvalue weighted by atomic mass is 32.1. The molecule has 0 bridgehead atoms. The van der Waals surface area contributed by atoms with E-state index in [1.54, 1.807) is 6.07 Å². The first-order valence-electron chi connectivity index (χ1n) is 10.3. The Labute approximate surface area is 187 Å². The number of nitrogens with zero attached hydrogens (tertiary/aromatic N) is 3. The molecule has 0 saturated carbocycles. The monoisotopic (exact) mass is 458 g/mol. The van der Waals surface area contributed by atoms with Gasteiger partial charge in [0.05, 0.1) is 23.6 Å². The number of amides is 1. The van der Waals surface area contributed by atoms with Gasteiger partial charge in [-0.05, 0) is 49.8 Å². The van der Waals surface area contributed by atoms with Gasteiger partial charge in [-0.15, -0.1) is 11.3 Å². The second kappa shape index (κ2) is 9.35. The van der Waals surface area contributed by atoms with Gasteiger partial charge in [-0.1, -0.05) is 6.92 Å². The van der Waals surface area contributed by atoms with Crippen molar-refractivity contribution in [3.63, 3.8) is 0 Å². The first kappa shape index (κ1) is 21.8. The summed E-state index contributed by atoms with van der Waals surface area (Å²) in [6, 6.07) is 3.13. The van der Waals surface area contributed by atoms with Crippen molar-refractivity contribution in [3.8, 4) is 0 Å². The van der Waals surface area contributed by atoms with E-state index < -0.39 is 16.8 Å². The molecule has 0 aromatic carbocycles. The minimum Gasteiger partial charge on any atom is -0.462 e. The van der Waals surface area contributed by atoms with E-state index in [1.807, 2.05) is 6.92 Å². The molecule has 0 saturated heterocycles. The van der Waals surface area contributed by atoms with Crippen molar-refractivity contribution in [1.29, 1.82) is 0 Å². The lowest BCUT2D eigenvalue weighted by atomic mass is 9.95. The molecule has 32 heavy (non-hydrogen) atoms. The van der Waals surface area contributed by atoms with Gasteiger partial charge in [0, 0.05) is 4.88 Å². The minimum absolute atomic E-state index is 0.0703. The standard InChI is InChI=1S/C21H22N4O6S/c1-2-9-30-21(27)18-15-5-3-4-6-17(15)32-20(18)23-19(26)16-8-7-14(31-16)12-24-11-13(10-22-24)25(28)29/h7-8,10-11H,2-6,9,12H2,1H3,(H,23,26). The van der Waals surface area contributed by atoms with Crippen LogP contribution in [0.15, 0.2) is 28.9 Å². The van der Waals surface area contributed by atoms with Gasteiger partial charge in [0.15, 0.2) is 5.76 Å². The van der Waals surface area contributed by atoms with E-state index in [4.69, 9.17) is 9.15 Å². The number of esters is 1. The van der Waals surface area contributed by atoms with Crippen LogP contribution in [0.4, 0.5) is 10.7 Å². The predicted molar refractivity (Wildman–Crippen MR) is 116 cm³/mol. The number of hydrogen-bond acceptors (Lipinski definition) is 8. The third kappa shape index (κ3) is 4.57. The van der Waals surface area contributed by atoms with Crippen molar-refractivity contribution in [2.24, 2.45) is 0 Å². The Balaban J connectivity index is 1.51.